The number of para-hydroxylation sites is 1. The number of hydrogen-bond acceptors (Lipinski definition) is 4. The fourth-order valence-corrected chi connectivity index (χ4v) is 3.22. The number of aromatic nitrogens is 1. The number of hydrogen-bond donors (Lipinski definition) is 0. The van der Waals surface area contributed by atoms with Gasteiger partial charge in [0.05, 0.1) is 17.9 Å². The summed E-state index contributed by atoms with van der Waals surface area (Å²) < 4.78 is 27.3. The summed E-state index contributed by atoms with van der Waals surface area (Å²) in [5.41, 5.74) is 1.32. The van der Waals surface area contributed by atoms with Crippen molar-refractivity contribution in [1.82, 2.24) is 4.98 Å². The molecule has 0 fully saturated rings. The smallest absolute Gasteiger partial charge is 0.285 e. The zero-order chi connectivity index (χ0) is 14.2. The van der Waals surface area contributed by atoms with E-state index in [1.54, 1.807) is 41.3 Å². The predicted octanol–water partition coefficient (Wildman–Crippen LogP) is 2.47. The molecule has 2 heterocycles. The van der Waals surface area contributed by atoms with Crippen LogP contribution in [0.1, 0.15) is 5.69 Å². The molecule has 1 aromatic carbocycles. The fraction of sp³-hybridized carbons (Fsp3) is 0.0769. The summed E-state index contributed by atoms with van der Waals surface area (Å²) in [6, 6.07) is 12.1. The van der Waals surface area contributed by atoms with Crippen LogP contribution in [0.2, 0.25) is 5.15 Å². The third-order valence-corrected chi connectivity index (χ3v) is 4.37. The third kappa shape index (κ3) is 2.39. The SMILES string of the molecule is O=S1(=O)N=CN(Cc2cccc(Cl)n2)c2ccccc21. The van der Waals surface area contributed by atoms with E-state index in [0.29, 0.717) is 17.4 Å². The van der Waals surface area contributed by atoms with E-state index in [9.17, 15) is 8.42 Å². The number of halogens is 1. The van der Waals surface area contributed by atoms with Crippen LogP contribution in [0.15, 0.2) is 51.8 Å². The maximum atomic E-state index is 11.9. The Bertz CT molecular complexity index is 790. The molecule has 5 nitrogen and oxygen atoms in total. The highest BCUT2D eigenvalue weighted by atomic mass is 35.5. The lowest BCUT2D eigenvalue weighted by Gasteiger charge is -2.24. The Balaban J connectivity index is 2.00. The highest BCUT2D eigenvalue weighted by Gasteiger charge is 2.24. The average molecular weight is 308 g/mol. The average Bonchev–Trinajstić information content (AvgIpc) is 2.43. The minimum absolute atomic E-state index is 0.199. The van der Waals surface area contributed by atoms with Gasteiger partial charge in [0, 0.05) is 0 Å². The number of anilines is 1. The van der Waals surface area contributed by atoms with E-state index >= 15 is 0 Å². The van der Waals surface area contributed by atoms with Gasteiger partial charge < -0.3 is 4.90 Å². The maximum absolute atomic E-state index is 11.9. The van der Waals surface area contributed by atoms with Gasteiger partial charge in [0.2, 0.25) is 0 Å². The van der Waals surface area contributed by atoms with Crippen LogP contribution >= 0.6 is 11.6 Å². The van der Waals surface area contributed by atoms with E-state index in [0.717, 1.165) is 5.69 Å². The Kier molecular flexibility index (Phi) is 3.19. The molecule has 0 saturated heterocycles. The van der Waals surface area contributed by atoms with E-state index in [4.69, 9.17) is 11.6 Å². The van der Waals surface area contributed by atoms with Gasteiger partial charge in [-0.1, -0.05) is 29.8 Å². The molecule has 1 aliphatic rings. The summed E-state index contributed by atoms with van der Waals surface area (Å²) in [6.07, 6.45) is 1.31. The molecule has 0 atom stereocenters. The summed E-state index contributed by atoms with van der Waals surface area (Å²) in [6.45, 7) is 0.399. The van der Waals surface area contributed by atoms with Crippen molar-refractivity contribution >= 4 is 33.7 Å². The van der Waals surface area contributed by atoms with Crippen LogP contribution in [0.3, 0.4) is 0 Å². The summed E-state index contributed by atoms with van der Waals surface area (Å²) in [4.78, 5) is 6.12. The van der Waals surface area contributed by atoms with Crippen LogP contribution in [-0.2, 0) is 16.6 Å². The molecule has 0 bridgehead atoms. The molecule has 0 N–H and O–H groups in total. The Hall–Kier alpha value is -1.92. The Morgan fingerprint density at radius 3 is 2.70 bits per heavy atom. The predicted molar refractivity (Wildman–Crippen MR) is 77.5 cm³/mol. The standard InChI is InChI=1S/C13H10ClN3O2S/c14-13-7-3-4-10(16-13)8-17-9-15-20(18,19)12-6-2-1-5-11(12)17/h1-7,9H,8H2. The zero-order valence-electron chi connectivity index (χ0n) is 10.3. The Morgan fingerprint density at radius 1 is 1.10 bits per heavy atom. The highest BCUT2D eigenvalue weighted by molar-refractivity contribution is 7.90. The normalized spacial score (nSPS) is 15.9. The molecule has 0 radical (unpaired) electrons. The number of rotatable bonds is 2. The van der Waals surface area contributed by atoms with Gasteiger partial charge in [-0.2, -0.15) is 8.42 Å². The van der Waals surface area contributed by atoms with Crippen molar-refractivity contribution in [3.8, 4) is 0 Å². The number of nitrogens with zero attached hydrogens (tertiary/aromatic N) is 3. The first-order chi connectivity index (χ1) is 9.56. The van der Waals surface area contributed by atoms with Crippen molar-refractivity contribution in [1.29, 1.82) is 0 Å². The van der Waals surface area contributed by atoms with E-state index < -0.39 is 10.0 Å². The van der Waals surface area contributed by atoms with Crippen molar-refractivity contribution < 1.29 is 8.42 Å². The lowest BCUT2D eigenvalue weighted by Crippen LogP contribution is -2.27. The molecule has 3 rings (SSSR count). The fourth-order valence-electron chi connectivity index (χ4n) is 1.99. The van der Waals surface area contributed by atoms with Crippen LogP contribution in [0.5, 0.6) is 0 Å². The molecule has 2 aromatic rings. The number of benzene rings is 1. The second-order valence-electron chi connectivity index (χ2n) is 4.24. The second-order valence-corrected chi connectivity index (χ2v) is 6.23. The van der Waals surface area contributed by atoms with Gasteiger partial charge in [0.15, 0.2) is 0 Å². The van der Waals surface area contributed by atoms with Crippen molar-refractivity contribution in [2.75, 3.05) is 4.90 Å². The largest absolute Gasteiger partial charge is 0.324 e. The molecule has 1 aliphatic heterocycles. The molecular weight excluding hydrogens is 298 g/mol. The quantitative estimate of drug-likeness (QED) is 0.800. The summed E-state index contributed by atoms with van der Waals surface area (Å²) >= 11 is 5.85. The van der Waals surface area contributed by atoms with Crippen LogP contribution in [0.4, 0.5) is 5.69 Å². The van der Waals surface area contributed by atoms with Crippen LogP contribution < -0.4 is 4.90 Å². The molecule has 0 amide bonds. The van der Waals surface area contributed by atoms with Crippen LogP contribution in [-0.4, -0.2) is 19.7 Å². The minimum atomic E-state index is -3.59. The van der Waals surface area contributed by atoms with E-state index in [-0.39, 0.29) is 4.90 Å². The second kappa shape index (κ2) is 4.88. The Morgan fingerprint density at radius 2 is 1.90 bits per heavy atom. The first-order valence-electron chi connectivity index (χ1n) is 5.84. The van der Waals surface area contributed by atoms with Crippen LogP contribution in [0, 0.1) is 0 Å². The van der Waals surface area contributed by atoms with Gasteiger partial charge in [-0.05, 0) is 24.3 Å². The lowest BCUT2D eigenvalue weighted by atomic mass is 10.2. The van der Waals surface area contributed by atoms with Crippen molar-refractivity contribution in [2.24, 2.45) is 4.40 Å². The van der Waals surface area contributed by atoms with E-state index in [2.05, 4.69) is 9.38 Å². The van der Waals surface area contributed by atoms with Crippen molar-refractivity contribution in [3.05, 3.63) is 53.3 Å². The summed E-state index contributed by atoms with van der Waals surface area (Å²) in [5.74, 6) is 0. The first kappa shape index (κ1) is 13.1. The number of fused-ring (bicyclic) bond motifs is 1. The molecule has 1 aromatic heterocycles. The molecule has 102 valence electrons. The third-order valence-electron chi connectivity index (χ3n) is 2.88. The molecule has 0 unspecified atom stereocenters. The van der Waals surface area contributed by atoms with Gasteiger partial charge in [-0.15, -0.1) is 4.40 Å². The van der Waals surface area contributed by atoms with Gasteiger partial charge >= 0.3 is 0 Å². The molecular formula is C13H10ClN3O2S. The summed E-state index contributed by atoms with van der Waals surface area (Å²) in [7, 11) is -3.59. The lowest BCUT2D eigenvalue weighted by molar-refractivity contribution is 0.597. The van der Waals surface area contributed by atoms with Gasteiger partial charge in [-0.3, -0.25) is 0 Å². The Labute approximate surface area is 121 Å². The monoisotopic (exact) mass is 307 g/mol. The van der Waals surface area contributed by atoms with E-state index in [1.165, 1.54) is 6.34 Å². The van der Waals surface area contributed by atoms with Gasteiger partial charge in [0.1, 0.15) is 16.4 Å². The first-order valence-corrected chi connectivity index (χ1v) is 7.66. The highest BCUT2D eigenvalue weighted by Crippen LogP contribution is 2.30. The van der Waals surface area contributed by atoms with Gasteiger partial charge in [-0.25, -0.2) is 4.98 Å². The number of sulfonamides is 1. The van der Waals surface area contributed by atoms with Gasteiger partial charge in [0.25, 0.3) is 10.0 Å². The summed E-state index contributed by atoms with van der Waals surface area (Å²) in [5, 5.41) is 0.400. The van der Waals surface area contributed by atoms with Crippen LogP contribution in [0.25, 0.3) is 0 Å². The minimum Gasteiger partial charge on any atom is -0.324 e. The molecule has 0 saturated carbocycles. The molecule has 20 heavy (non-hydrogen) atoms. The topological polar surface area (TPSA) is 62.6 Å². The molecule has 0 spiro atoms. The zero-order valence-corrected chi connectivity index (χ0v) is 11.8. The maximum Gasteiger partial charge on any atom is 0.285 e. The van der Waals surface area contributed by atoms with E-state index in [1.807, 2.05) is 6.07 Å². The molecule has 7 heteroatoms. The molecule has 0 aliphatic carbocycles. The number of pyridine rings is 1. The van der Waals surface area contributed by atoms with Crippen molar-refractivity contribution in [2.45, 2.75) is 11.4 Å². The van der Waals surface area contributed by atoms with Crippen molar-refractivity contribution in [3.63, 3.8) is 0 Å².